The normalized spacial score (nSPS) is 20.7. The van der Waals surface area contributed by atoms with Crippen LogP contribution in [-0.4, -0.2) is 52.6 Å². The van der Waals surface area contributed by atoms with E-state index >= 15 is 0 Å². The average molecular weight is 485 g/mol. The van der Waals surface area contributed by atoms with E-state index < -0.39 is 0 Å². The van der Waals surface area contributed by atoms with E-state index in [2.05, 4.69) is 77.1 Å². The van der Waals surface area contributed by atoms with E-state index in [9.17, 15) is 4.79 Å². The number of nitrogens with one attached hydrogen (secondary N) is 2. The van der Waals surface area contributed by atoms with Gasteiger partial charge in [-0.2, -0.15) is 10.4 Å². The van der Waals surface area contributed by atoms with Crippen molar-refractivity contribution in [2.75, 3.05) is 31.5 Å². The molecule has 1 aliphatic carbocycles. The summed E-state index contributed by atoms with van der Waals surface area (Å²) < 4.78 is 1.91. The molecule has 0 unspecified atom stereocenters. The highest BCUT2D eigenvalue weighted by Gasteiger charge is 2.29. The Morgan fingerprint density at radius 3 is 2.53 bits per heavy atom. The number of hydrogen-bond donors (Lipinski definition) is 2. The summed E-state index contributed by atoms with van der Waals surface area (Å²) in [5, 5.41) is 20.0. The zero-order valence-corrected chi connectivity index (χ0v) is 21.3. The lowest BCUT2D eigenvalue weighted by Crippen LogP contribution is -2.48. The van der Waals surface area contributed by atoms with E-state index in [0.29, 0.717) is 25.0 Å². The lowest BCUT2D eigenvalue weighted by Gasteiger charge is -2.42. The lowest BCUT2D eigenvalue weighted by atomic mass is 9.82. The van der Waals surface area contributed by atoms with E-state index in [-0.39, 0.29) is 17.7 Å². The van der Waals surface area contributed by atoms with Crippen molar-refractivity contribution in [2.24, 2.45) is 11.8 Å². The van der Waals surface area contributed by atoms with Crippen LogP contribution >= 0.6 is 0 Å². The Hall–Kier alpha value is -3.37. The van der Waals surface area contributed by atoms with Crippen LogP contribution in [0.2, 0.25) is 0 Å². The SMILES string of the molecule is CC(C)N1CC(c2ccc(-c3cc4c(NCCNC(=O)C5CCC(C#N)CC5)ccnn4c3)cc2)C1. The number of rotatable bonds is 8. The summed E-state index contributed by atoms with van der Waals surface area (Å²) in [4.78, 5) is 15.0. The number of nitriles is 1. The molecule has 2 N–H and O–H groups in total. The van der Waals surface area contributed by atoms with Crippen LogP contribution in [0.1, 0.15) is 51.0 Å². The summed E-state index contributed by atoms with van der Waals surface area (Å²) in [6.45, 7) is 8.02. The number of likely N-dealkylation sites (tertiary alicyclic amines) is 1. The van der Waals surface area contributed by atoms with E-state index in [1.807, 2.05) is 10.6 Å². The highest BCUT2D eigenvalue weighted by atomic mass is 16.1. The maximum Gasteiger partial charge on any atom is 0.223 e. The van der Waals surface area contributed by atoms with Gasteiger partial charge < -0.3 is 10.6 Å². The van der Waals surface area contributed by atoms with Crippen LogP contribution < -0.4 is 10.6 Å². The molecule has 2 aromatic heterocycles. The second-order valence-electron chi connectivity index (χ2n) is 10.6. The number of aromatic nitrogens is 2. The lowest BCUT2D eigenvalue weighted by molar-refractivity contribution is -0.126. The van der Waals surface area contributed by atoms with Gasteiger partial charge in [-0.05, 0) is 62.8 Å². The van der Waals surface area contributed by atoms with E-state index in [4.69, 9.17) is 5.26 Å². The maximum absolute atomic E-state index is 12.5. The van der Waals surface area contributed by atoms with Crippen LogP contribution in [0.4, 0.5) is 5.69 Å². The molecule has 1 saturated heterocycles. The molecular weight excluding hydrogens is 448 g/mol. The topological polar surface area (TPSA) is 85.5 Å². The number of fused-ring (bicyclic) bond motifs is 1. The zero-order chi connectivity index (χ0) is 25.1. The molecule has 188 valence electrons. The first kappa shape index (κ1) is 24.3. The largest absolute Gasteiger partial charge is 0.381 e. The van der Waals surface area contributed by atoms with Crippen LogP contribution in [0.25, 0.3) is 16.6 Å². The van der Waals surface area contributed by atoms with Crippen LogP contribution in [0.5, 0.6) is 0 Å². The third-order valence-corrected chi connectivity index (χ3v) is 7.88. The predicted octanol–water partition coefficient (Wildman–Crippen LogP) is 4.67. The van der Waals surface area contributed by atoms with Gasteiger partial charge in [-0.25, -0.2) is 4.52 Å². The summed E-state index contributed by atoms with van der Waals surface area (Å²) in [5.41, 5.74) is 5.76. The monoisotopic (exact) mass is 484 g/mol. The van der Waals surface area contributed by atoms with Gasteiger partial charge in [0.15, 0.2) is 0 Å². The van der Waals surface area contributed by atoms with Crippen molar-refractivity contribution in [2.45, 2.75) is 51.5 Å². The van der Waals surface area contributed by atoms with Gasteiger partial charge in [-0.3, -0.25) is 9.69 Å². The number of benzene rings is 1. The van der Waals surface area contributed by atoms with E-state index in [0.717, 1.165) is 55.5 Å². The molecule has 1 aromatic carbocycles. The van der Waals surface area contributed by atoms with Crippen molar-refractivity contribution in [3.8, 4) is 17.2 Å². The predicted molar refractivity (Wildman–Crippen MR) is 143 cm³/mol. The van der Waals surface area contributed by atoms with E-state index in [1.165, 1.54) is 11.1 Å². The molecule has 0 atom stereocenters. The fourth-order valence-electron chi connectivity index (χ4n) is 5.43. The Morgan fingerprint density at radius 1 is 1.08 bits per heavy atom. The quantitative estimate of drug-likeness (QED) is 0.454. The van der Waals surface area contributed by atoms with Gasteiger partial charge >= 0.3 is 0 Å². The van der Waals surface area contributed by atoms with Gasteiger partial charge in [0.05, 0.1) is 17.3 Å². The number of carbonyl (C=O) groups excluding carboxylic acids is 1. The molecule has 3 aromatic rings. The molecule has 1 saturated carbocycles. The number of hydrogen-bond acceptors (Lipinski definition) is 5. The second-order valence-corrected chi connectivity index (χ2v) is 10.6. The molecule has 7 heteroatoms. The second kappa shape index (κ2) is 10.7. The molecule has 2 fully saturated rings. The van der Waals surface area contributed by atoms with Crippen LogP contribution in [0.3, 0.4) is 0 Å². The summed E-state index contributed by atoms with van der Waals surface area (Å²) in [5.74, 6) is 0.911. The Bertz CT molecular complexity index is 1230. The Labute approximate surface area is 213 Å². The van der Waals surface area contributed by atoms with Crippen molar-refractivity contribution >= 4 is 17.1 Å². The average Bonchev–Trinajstić information content (AvgIpc) is 3.31. The highest BCUT2D eigenvalue weighted by molar-refractivity contribution is 5.80. The molecule has 36 heavy (non-hydrogen) atoms. The molecular formula is C29H36N6O. The minimum absolute atomic E-state index is 0.0419. The standard InChI is InChI=1S/C29H36N6O/c1-20(2)34-17-26(18-34)23-9-7-22(8-10-23)25-15-28-27(11-12-33-35(28)19-25)31-13-14-32-29(36)24-5-3-21(16-30)4-6-24/h7-12,15,19-21,24,26,31H,3-6,13-14,17-18H2,1-2H3,(H,32,36). The molecule has 1 amide bonds. The summed E-state index contributed by atoms with van der Waals surface area (Å²) in [6.07, 6.45) is 7.15. The first-order chi connectivity index (χ1) is 17.5. The third-order valence-electron chi connectivity index (χ3n) is 7.88. The summed E-state index contributed by atoms with van der Waals surface area (Å²) in [7, 11) is 0. The Kier molecular flexibility index (Phi) is 7.24. The van der Waals surface area contributed by atoms with Gasteiger partial charge in [0, 0.05) is 67.9 Å². The van der Waals surface area contributed by atoms with Gasteiger partial charge in [0.2, 0.25) is 5.91 Å². The fourth-order valence-corrected chi connectivity index (χ4v) is 5.43. The van der Waals surface area contributed by atoms with Crippen molar-refractivity contribution in [3.63, 3.8) is 0 Å². The minimum atomic E-state index is 0.0419. The minimum Gasteiger partial charge on any atom is -0.381 e. The van der Waals surface area contributed by atoms with Crippen molar-refractivity contribution in [3.05, 3.63) is 54.4 Å². The molecule has 1 aliphatic heterocycles. The summed E-state index contributed by atoms with van der Waals surface area (Å²) >= 11 is 0. The van der Waals surface area contributed by atoms with Crippen LogP contribution in [-0.2, 0) is 4.79 Å². The number of anilines is 1. The highest BCUT2D eigenvalue weighted by Crippen LogP contribution is 2.32. The third kappa shape index (κ3) is 5.24. The first-order valence-corrected chi connectivity index (χ1v) is 13.2. The molecule has 7 nitrogen and oxygen atoms in total. The molecule has 0 radical (unpaired) electrons. The molecule has 5 rings (SSSR count). The zero-order valence-electron chi connectivity index (χ0n) is 21.3. The first-order valence-electron chi connectivity index (χ1n) is 13.2. The van der Waals surface area contributed by atoms with Gasteiger partial charge in [-0.15, -0.1) is 0 Å². The van der Waals surface area contributed by atoms with Crippen molar-refractivity contribution < 1.29 is 4.79 Å². The Balaban J connectivity index is 1.16. The van der Waals surface area contributed by atoms with Gasteiger partial charge in [-0.1, -0.05) is 24.3 Å². The smallest absolute Gasteiger partial charge is 0.223 e. The van der Waals surface area contributed by atoms with Gasteiger partial charge in [0.25, 0.3) is 0 Å². The number of carbonyl (C=O) groups is 1. The molecule has 0 spiro atoms. The Morgan fingerprint density at radius 2 is 1.83 bits per heavy atom. The molecule has 2 aliphatic rings. The number of amides is 1. The van der Waals surface area contributed by atoms with E-state index in [1.54, 1.807) is 6.20 Å². The van der Waals surface area contributed by atoms with Crippen LogP contribution in [0, 0.1) is 23.2 Å². The molecule has 3 heterocycles. The summed E-state index contributed by atoms with van der Waals surface area (Å²) in [6, 6.07) is 16.1. The fraction of sp³-hybridized carbons (Fsp3) is 0.483. The molecule has 0 bridgehead atoms. The van der Waals surface area contributed by atoms with Crippen molar-refractivity contribution in [1.29, 1.82) is 5.26 Å². The number of nitrogens with zero attached hydrogens (tertiary/aromatic N) is 4. The van der Waals surface area contributed by atoms with Crippen molar-refractivity contribution in [1.82, 2.24) is 19.8 Å². The maximum atomic E-state index is 12.5. The van der Waals surface area contributed by atoms with Gasteiger partial charge in [0.1, 0.15) is 0 Å². The van der Waals surface area contributed by atoms with Crippen LogP contribution in [0.15, 0.2) is 48.8 Å².